The molecule has 28 heavy (non-hydrogen) atoms. The fourth-order valence-corrected chi connectivity index (χ4v) is 2.83. The zero-order valence-electron chi connectivity index (χ0n) is 16.4. The number of aromatic nitrogens is 2. The summed E-state index contributed by atoms with van der Waals surface area (Å²) in [6.07, 6.45) is 0. The second kappa shape index (κ2) is 9.28. The monoisotopic (exact) mass is 379 g/mol. The lowest BCUT2D eigenvalue weighted by atomic mass is 10.0. The van der Waals surface area contributed by atoms with Crippen LogP contribution in [-0.4, -0.2) is 22.7 Å². The number of rotatable bonds is 8. The molecule has 3 rings (SSSR count). The van der Waals surface area contributed by atoms with Crippen LogP contribution in [0.25, 0.3) is 11.4 Å². The number of carbonyl (C=O) groups is 1. The van der Waals surface area contributed by atoms with Gasteiger partial charge in [-0.2, -0.15) is 4.98 Å². The molecule has 0 bridgehead atoms. The summed E-state index contributed by atoms with van der Waals surface area (Å²) in [5.74, 6) is 0.774. The second-order valence-corrected chi connectivity index (χ2v) is 7.09. The van der Waals surface area contributed by atoms with Crippen LogP contribution in [0.5, 0.6) is 0 Å². The number of hydrogen-bond donors (Lipinski definition) is 1. The molecule has 1 amide bonds. The summed E-state index contributed by atoms with van der Waals surface area (Å²) in [5.41, 5.74) is 3.03. The minimum Gasteiger partial charge on any atom is -0.367 e. The molecule has 1 N–H and O–H groups in total. The molecule has 0 fully saturated rings. The first-order chi connectivity index (χ1) is 13.5. The van der Waals surface area contributed by atoms with Crippen LogP contribution in [0.3, 0.4) is 0 Å². The third-order valence-electron chi connectivity index (χ3n) is 4.31. The lowest BCUT2D eigenvalue weighted by molar-refractivity contribution is -0.127. The van der Waals surface area contributed by atoms with E-state index in [-0.39, 0.29) is 24.5 Å². The number of nitrogens with zero attached hydrogens (tertiary/aromatic N) is 2. The van der Waals surface area contributed by atoms with E-state index in [0.717, 1.165) is 16.7 Å². The van der Waals surface area contributed by atoms with Crippen LogP contribution < -0.4 is 5.32 Å². The Balaban J connectivity index is 1.61. The van der Waals surface area contributed by atoms with Gasteiger partial charge in [0.05, 0.1) is 6.61 Å². The van der Waals surface area contributed by atoms with Crippen LogP contribution in [0.15, 0.2) is 59.1 Å². The van der Waals surface area contributed by atoms with Crippen molar-refractivity contribution < 1.29 is 14.1 Å². The van der Waals surface area contributed by atoms with Crippen molar-refractivity contribution >= 4 is 5.91 Å². The number of ether oxygens (including phenoxy) is 1. The van der Waals surface area contributed by atoms with Crippen LogP contribution >= 0.6 is 0 Å². The normalized spacial score (nSPS) is 12.1. The van der Waals surface area contributed by atoms with E-state index in [1.165, 1.54) is 0 Å². The predicted octanol–water partition coefficient (Wildman–Crippen LogP) is 4.08. The lowest BCUT2D eigenvalue weighted by Crippen LogP contribution is -2.34. The van der Waals surface area contributed by atoms with Gasteiger partial charge in [0.25, 0.3) is 0 Å². The molecule has 1 aromatic heterocycles. The molecular formula is C22H25N3O3. The molecule has 146 valence electrons. The highest BCUT2D eigenvalue weighted by Crippen LogP contribution is 2.24. The Morgan fingerprint density at radius 1 is 1.14 bits per heavy atom. The molecule has 0 saturated heterocycles. The summed E-state index contributed by atoms with van der Waals surface area (Å²) in [7, 11) is 0. The highest BCUT2D eigenvalue weighted by atomic mass is 16.5. The highest BCUT2D eigenvalue weighted by Gasteiger charge is 2.25. The van der Waals surface area contributed by atoms with Gasteiger partial charge in [0, 0.05) is 5.56 Å². The van der Waals surface area contributed by atoms with Gasteiger partial charge in [-0.25, -0.2) is 0 Å². The molecule has 0 aliphatic carbocycles. The molecule has 1 atom stereocenters. The second-order valence-electron chi connectivity index (χ2n) is 7.09. The molecule has 0 unspecified atom stereocenters. The Bertz CT molecular complexity index is 906. The van der Waals surface area contributed by atoms with E-state index in [4.69, 9.17) is 9.26 Å². The molecule has 2 aromatic carbocycles. The largest absolute Gasteiger partial charge is 0.367 e. The summed E-state index contributed by atoms with van der Waals surface area (Å²) in [6, 6.07) is 17.3. The van der Waals surface area contributed by atoms with E-state index in [0.29, 0.717) is 18.3 Å². The zero-order valence-corrected chi connectivity index (χ0v) is 16.4. The van der Waals surface area contributed by atoms with Crippen LogP contribution in [0.1, 0.15) is 36.9 Å². The number of hydrogen-bond acceptors (Lipinski definition) is 5. The van der Waals surface area contributed by atoms with Crippen LogP contribution in [0.2, 0.25) is 0 Å². The lowest BCUT2D eigenvalue weighted by Gasteiger charge is -2.18. The minimum absolute atomic E-state index is 0.0308. The van der Waals surface area contributed by atoms with E-state index in [1.54, 1.807) is 0 Å². The van der Waals surface area contributed by atoms with Gasteiger partial charge < -0.3 is 14.6 Å². The Hall–Kier alpha value is -2.99. The highest BCUT2D eigenvalue weighted by molar-refractivity contribution is 5.77. The quantitative estimate of drug-likeness (QED) is 0.638. The van der Waals surface area contributed by atoms with Crippen molar-refractivity contribution in [1.82, 2.24) is 15.5 Å². The van der Waals surface area contributed by atoms with Gasteiger partial charge in [-0.05, 0) is 24.5 Å². The maximum absolute atomic E-state index is 12.3. The van der Waals surface area contributed by atoms with Gasteiger partial charge in [-0.1, -0.05) is 73.1 Å². The number of benzene rings is 2. The smallest absolute Gasteiger partial charge is 0.249 e. The van der Waals surface area contributed by atoms with E-state index >= 15 is 0 Å². The number of nitrogens with one attached hydrogen (secondary N) is 1. The zero-order chi connectivity index (χ0) is 19.9. The third-order valence-corrected chi connectivity index (χ3v) is 4.31. The van der Waals surface area contributed by atoms with Gasteiger partial charge in [0.1, 0.15) is 12.6 Å². The van der Waals surface area contributed by atoms with Crippen molar-refractivity contribution in [1.29, 1.82) is 0 Å². The molecule has 0 aliphatic heterocycles. The van der Waals surface area contributed by atoms with Crippen LogP contribution in [0.4, 0.5) is 0 Å². The van der Waals surface area contributed by atoms with Crippen molar-refractivity contribution in [3.05, 3.63) is 71.6 Å². The number of carbonyl (C=O) groups excluding carboxylic acids is 1. The summed E-state index contributed by atoms with van der Waals surface area (Å²) < 4.78 is 10.9. The fourth-order valence-electron chi connectivity index (χ4n) is 2.83. The van der Waals surface area contributed by atoms with E-state index in [1.807, 2.05) is 75.4 Å². The molecule has 6 heteroatoms. The summed E-state index contributed by atoms with van der Waals surface area (Å²) >= 11 is 0. The van der Waals surface area contributed by atoms with Gasteiger partial charge >= 0.3 is 0 Å². The topological polar surface area (TPSA) is 77.2 Å². The number of aryl methyl sites for hydroxylation is 1. The minimum atomic E-state index is -0.376. The Kier molecular flexibility index (Phi) is 6.55. The predicted molar refractivity (Wildman–Crippen MR) is 106 cm³/mol. The first kappa shape index (κ1) is 19.8. The Labute approximate surface area is 164 Å². The third kappa shape index (κ3) is 5.27. The van der Waals surface area contributed by atoms with Crippen molar-refractivity contribution in [2.75, 3.05) is 6.61 Å². The summed E-state index contributed by atoms with van der Waals surface area (Å²) in [4.78, 5) is 16.8. The summed E-state index contributed by atoms with van der Waals surface area (Å²) in [5, 5.41) is 7.01. The molecule has 0 spiro atoms. The van der Waals surface area contributed by atoms with Gasteiger partial charge in [0.15, 0.2) is 0 Å². The van der Waals surface area contributed by atoms with Crippen molar-refractivity contribution in [2.24, 2.45) is 5.92 Å². The van der Waals surface area contributed by atoms with E-state index in [2.05, 4.69) is 15.5 Å². The Morgan fingerprint density at radius 3 is 2.64 bits per heavy atom. The average molecular weight is 379 g/mol. The van der Waals surface area contributed by atoms with Crippen molar-refractivity contribution in [3.63, 3.8) is 0 Å². The SMILES string of the molecule is Cc1cccc(-c2noc([C@@H](NC(=O)COCc3ccccc3)C(C)C)n2)c1. The fraction of sp³-hybridized carbons (Fsp3) is 0.318. The Morgan fingerprint density at radius 2 is 1.93 bits per heavy atom. The van der Waals surface area contributed by atoms with Crippen molar-refractivity contribution in [3.8, 4) is 11.4 Å². The molecule has 6 nitrogen and oxygen atoms in total. The van der Waals surface area contributed by atoms with E-state index in [9.17, 15) is 4.79 Å². The molecule has 3 aromatic rings. The number of amides is 1. The summed E-state index contributed by atoms with van der Waals surface area (Å²) in [6.45, 7) is 6.35. The van der Waals surface area contributed by atoms with Crippen LogP contribution in [-0.2, 0) is 16.1 Å². The molecular weight excluding hydrogens is 354 g/mol. The molecule has 0 aliphatic rings. The average Bonchev–Trinajstić information content (AvgIpc) is 3.16. The maximum Gasteiger partial charge on any atom is 0.249 e. The first-order valence-electron chi connectivity index (χ1n) is 9.34. The molecule has 0 saturated carbocycles. The molecule has 0 radical (unpaired) electrons. The standard InChI is InChI=1S/C22H25N3O3/c1-15(2)20(23-19(26)14-27-13-17-9-5-4-6-10-17)22-24-21(25-28-22)18-11-7-8-16(3)12-18/h4-12,15,20H,13-14H2,1-3H3,(H,23,26)/t20-/m0/s1. The van der Waals surface area contributed by atoms with Gasteiger partial charge in [0.2, 0.25) is 17.6 Å². The molecule has 1 heterocycles. The first-order valence-corrected chi connectivity index (χ1v) is 9.34. The van der Waals surface area contributed by atoms with Gasteiger partial charge in [-0.3, -0.25) is 4.79 Å². The maximum atomic E-state index is 12.3. The van der Waals surface area contributed by atoms with E-state index < -0.39 is 0 Å². The van der Waals surface area contributed by atoms with Crippen LogP contribution in [0, 0.1) is 12.8 Å². The van der Waals surface area contributed by atoms with Crippen molar-refractivity contribution in [2.45, 2.75) is 33.4 Å². The van der Waals surface area contributed by atoms with Gasteiger partial charge in [-0.15, -0.1) is 0 Å².